The first-order valence-corrected chi connectivity index (χ1v) is 11.8. The largest absolute Gasteiger partial charge is 0.416 e. The monoisotopic (exact) mass is 481 g/mol. The Balaban J connectivity index is 2.03. The third-order valence-corrected chi connectivity index (χ3v) is 5.71. The summed E-state index contributed by atoms with van der Waals surface area (Å²) in [5, 5.41) is 2.69. The first-order valence-electron chi connectivity index (χ1n) is 9.88. The number of alkyl halides is 3. The van der Waals surface area contributed by atoms with Crippen LogP contribution in [-0.2, 0) is 27.4 Å². The van der Waals surface area contributed by atoms with Crippen molar-refractivity contribution in [2.75, 3.05) is 24.2 Å². The van der Waals surface area contributed by atoms with Crippen molar-refractivity contribution in [1.29, 1.82) is 0 Å². The van der Waals surface area contributed by atoms with Crippen molar-refractivity contribution < 1.29 is 31.2 Å². The molecule has 0 bridgehead atoms. The first-order chi connectivity index (χ1) is 15.4. The summed E-state index contributed by atoms with van der Waals surface area (Å²) >= 11 is 0. The van der Waals surface area contributed by atoms with Crippen LogP contribution in [0.25, 0.3) is 0 Å². The molecule has 176 valence electrons. The minimum Gasteiger partial charge on any atom is -0.352 e. The molecule has 0 saturated heterocycles. The van der Waals surface area contributed by atoms with Crippen LogP contribution in [0.5, 0.6) is 0 Å². The number of fused-ring (bicyclic) bond motifs is 1. The quantitative estimate of drug-likeness (QED) is 0.619. The Kier molecular flexibility index (Phi) is 6.82. The number of rotatable bonds is 6. The van der Waals surface area contributed by atoms with Crippen LogP contribution in [0.4, 0.5) is 24.5 Å². The Morgan fingerprint density at radius 3 is 2.42 bits per heavy atom. The minimum atomic E-state index is -4.48. The molecule has 1 heterocycles. The molecule has 0 radical (unpaired) electrons. The van der Waals surface area contributed by atoms with Crippen LogP contribution in [0.1, 0.15) is 21.5 Å². The summed E-state index contributed by atoms with van der Waals surface area (Å²) in [6, 6.07) is 9.38. The molecule has 2 aromatic carbocycles. The second-order valence-electron chi connectivity index (χ2n) is 7.68. The van der Waals surface area contributed by atoms with Crippen molar-refractivity contribution in [3.8, 4) is 0 Å². The Hall–Kier alpha value is -3.34. The molecule has 1 aliphatic rings. The topological polar surface area (TPSA) is 95.6 Å². The number of nitrogens with one attached hydrogen (secondary N) is 2. The van der Waals surface area contributed by atoms with Gasteiger partial charge in [0.1, 0.15) is 0 Å². The summed E-state index contributed by atoms with van der Waals surface area (Å²) in [4.78, 5) is 26.0. The van der Waals surface area contributed by atoms with Gasteiger partial charge in [-0.05, 0) is 60.4 Å². The van der Waals surface area contributed by atoms with Gasteiger partial charge in [0, 0.05) is 30.0 Å². The number of carbonyl (C=O) groups excluding carboxylic acids is 2. The Morgan fingerprint density at radius 1 is 1.18 bits per heavy atom. The average Bonchev–Trinajstić information content (AvgIpc) is 2.74. The normalized spacial score (nSPS) is 16.0. The van der Waals surface area contributed by atoms with E-state index in [0.29, 0.717) is 29.9 Å². The maximum absolute atomic E-state index is 13.0. The van der Waals surface area contributed by atoms with Crippen LogP contribution in [0.3, 0.4) is 0 Å². The maximum Gasteiger partial charge on any atom is 0.416 e. The van der Waals surface area contributed by atoms with Gasteiger partial charge in [0.05, 0.1) is 11.8 Å². The SMILES string of the molecule is C=CC(=O)NC[C@H]1Cc2c(C(=O)NS(C)(=O)=O)cccc2N(c2ccc(C(F)(F)F)cc2)C1. The van der Waals surface area contributed by atoms with Gasteiger partial charge >= 0.3 is 6.18 Å². The molecule has 0 fully saturated rings. The first kappa shape index (κ1) is 24.3. The summed E-state index contributed by atoms with van der Waals surface area (Å²) in [6.07, 6.45) is -2.15. The van der Waals surface area contributed by atoms with Crippen LogP contribution >= 0.6 is 0 Å². The summed E-state index contributed by atoms with van der Waals surface area (Å²) in [5.41, 5.74) is 0.906. The predicted molar refractivity (Wildman–Crippen MR) is 118 cm³/mol. The Labute approximate surface area is 189 Å². The molecule has 0 aliphatic carbocycles. The number of nitrogens with zero attached hydrogens (tertiary/aromatic N) is 1. The molecular weight excluding hydrogens is 459 g/mol. The summed E-state index contributed by atoms with van der Waals surface area (Å²) in [5.74, 6) is -1.40. The van der Waals surface area contributed by atoms with Gasteiger partial charge in [0.25, 0.3) is 5.91 Å². The molecular formula is C22H22F3N3O4S. The van der Waals surface area contributed by atoms with E-state index in [9.17, 15) is 31.2 Å². The van der Waals surface area contributed by atoms with Gasteiger partial charge in [-0.1, -0.05) is 12.6 Å². The van der Waals surface area contributed by atoms with Gasteiger partial charge in [-0.25, -0.2) is 13.1 Å². The van der Waals surface area contributed by atoms with E-state index < -0.39 is 27.7 Å². The van der Waals surface area contributed by atoms with Crippen LogP contribution in [-0.4, -0.2) is 39.6 Å². The zero-order valence-corrected chi connectivity index (χ0v) is 18.5. The number of sulfonamides is 1. The smallest absolute Gasteiger partial charge is 0.352 e. The van der Waals surface area contributed by atoms with Crippen molar-refractivity contribution >= 4 is 33.2 Å². The summed E-state index contributed by atoms with van der Waals surface area (Å²) in [6.45, 7) is 3.98. The third kappa shape index (κ3) is 5.92. The van der Waals surface area contributed by atoms with Gasteiger partial charge in [-0.2, -0.15) is 13.2 Å². The average molecular weight is 481 g/mol. The van der Waals surface area contributed by atoms with Crippen molar-refractivity contribution in [2.45, 2.75) is 12.6 Å². The van der Waals surface area contributed by atoms with Gasteiger partial charge < -0.3 is 10.2 Å². The lowest BCUT2D eigenvalue weighted by atomic mass is 9.88. The second-order valence-corrected chi connectivity index (χ2v) is 9.43. The van der Waals surface area contributed by atoms with Crippen molar-refractivity contribution in [1.82, 2.24) is 10.0 Å². The molecule has 0 spiro atoms. The Bertz CT molecular complexity index is 1180. The number of hydrogen-bond donors (Lipinski definition) is 2. The molecule has 11 heteroatoms. The fourth-order valence-corrected chi connectivity index (χ4v) is 4.16. The molecule has 1 aliphatic heterocycles. The maximum atomic E-state index is 13.0. The fraction of sp³-hybridized carbons (Fsp3) is 0.273. The number of halogens is 3. The van der Waals surface area contributed by atoms with Crippen LogP contribution in [0.15, 0.2) is 55.1 Å². The predicted octanol–water partition coefficient (Wildman–Crippen LogP) is 3.01. The third-order valence-electron chi connectivity index (χ3n) is 5.16. The molecule has 1 atom stereocenters. The van der Waals surface area contributed by atoms with Crippen LogP contribution in [0.2, 0.25) is 0 Å². The fourth-order valence-electron chi connectivity index (χ4n) is 3.72. The van der Waals surface area contributed by atoms with Gasteiger partial charge in [-0.15, -0.1) is 0 Å². The molecule has 2 amide bonds. The van der Waals surface area contributed by atoms with Crippen molar-refractivity contribution in [2.24, 2.45) is 5.92 Å². The van der Waals surface area contributed by atoms with Gasteiger partial charge in [0.2, 0.25) is 15.9 Å². The van der Waals surface area contributed by atoms with Crippen molar-refractivity contribution in [3.63, 3.8) is 0 Å². The van der Waals surface area contributed by atoms with E-state index in [1.165, 1.54) is 18.2 Å². The van der Waals surface area contributed by atoms with E-state index in [2.05, 4.69) is 11.9 Å². The van der Waals surface area contributed by atoms with Gasteiger partial charge in [-0.3, -0.25) is 9.59 Å². The molecule has 2 aromatic rings. The number of carbonyl (C=O) groups is 2. The second kappa shape index (κ2) is 9.26. The van der Waals surface area contributed by atoms with E-state index in [0.717, 1.165) is 24.5 Å². The highest BCUT2D eigenvalue weighted by Gasteiger charge is 2.32. The highest BCUT2D eigenvalue weighted by molar-refractivity contribution is 7.89. The molecule has 33 heavy (non-hydrogen) atoms. The lowest BCUT2D eigenvalue weighted by Crippen LogP contribution is -2.40. The lowest BCUT2D eigenvalue weighted by molar-refractivity contribution is -0.137. The number of amides is 2. The molecule has 3 rings (SSSR count). The van der Waals surface area contributed by atoms with Crippen molar-refractivity contribution in [3.05, 3.63) is 71.8 Å². The molecule has 2 N–H and O–H groups in total. The summed E-state index contributed by atoms with van der Waals surface area (Å²) in [7, 11) is -3.81. The molecule has 7 nitrogen and oxygen atoms in total. The highest BCUT2D eigenvalue weighted by atomic mass is 32.2. The lowest BCUT2D eigenvalue weighted by Gasteiger charge is -2.37. The number of hydrogen-bond acceptors (Lipinski definition) is 5. The van der Waals surface area contributed by atoms with E-state index in [-0.39, 0.29) is 23.9 Å². The standard InChI is InChI=1S/C22H22F3N3O4S/c1-3-20(29)26-12-14-11-18-17(21(30)27-33(2,31)32)5-4-6-19(18)28(13-14)16-9-7-15(8-10-16)22(23,24)25/h3-10,14H,1,11-13H2,2H3,(H,26,29)(H,27,30)/t14-/m1/s1. The van der Waals surface area contributed by atoms with Crippen LogP contribution in [0, 0.1) is 5.92 Å². The van der Waals surface area contributed by atoms with E-state index >= 15 is 0 Å². The molecule has 0 aromatic heterocycles. The number of benzene rings is 2. The van der Waals surface area contributed by atoms with Gasteiger partial charge in [0.15, 0.2) is 0 Å². The van der Waals surface area contributed by atoms with E-state index in [4.69, 9.17) is 0 Å². The molecule has 0 unspecified atom stereocenters. The van der Waals surface area contributed by atoms with Crippen LogP contribution < -0.4 is 14.9 Å². The van der Waals surface area contributed by atoms with E-state index in [1.54, 1.807) is 17.0 Å². The highest BCUT2D eigenvalue weighted by Crippen LogP contribution is 2.38. The van der Waals surface area contributed by atoms with E-state index in [1.807, 2.05) is 4.72 Å². The zero-order valence-electron chi connectivity index (χ0n) is 17.6. The zero-order chi connectivity index (χ0) is 24.4. The number of anilines is 2. The molecule has 0 saturated carbocycles. The summed E-state index contributed by atoms with van der Waals surface area (Å²) < 4.78 is 64.1. The minimum absolute atomic E-state index is 0.134. The Morgan fingerprint density at radius 2 is 1.85 bits per heavy atom.